The molecule has 0 saturated carbocycles. The van der Waals surface area contributed by atoms with Crippen molar-refractivity contribution in [3.05, 3.63) is 65.9 Å². The van der Waals surface area contributed by atoms with E-state index in [4.69, 9.17) is 18.7 Å². The van der Waals surface area contributed by atoms with Gasteiger partial charge < -0.3 is 18.7 Å². The second-order valence-electron chi connectivity index (χ2n) is 5.72. The molecule has 0 atom stereocenters. The number of hydrogen-bond donors (Lipinski definition) is 0. The van der Waals surface area contributed by atoms with Gasteiger partial charge >= 0.3 is 5.97 Å². The first-order valence-corrected chi connectivity index (χ1v) is 8.73. The third-order valence-electron chi connectivity index (χ3n) is 3.83. The Balaban J connectivity index is 1.55. The zero-order valence-electron chi connectivity index (χ0n) is 15.3. The first-order chi connectivity index (χ1) is 13.2. The zero-order valence-corrected chi connectivity index (χ0v) is 15.3. The van der Waals surface area contributed by atoms with E-state index < -0.39 is 5.97 Å². The van der Waals surface area contributed by atoms with Gasteiger partial charge in [-0.05, 0) is 38.1 Å². The van der Waals surface area contributed by atoms with Crippen LogP contribution in [0.15, 0.2) is 59.1 Å². The highest BCUT2D eigenvalue weighted by Crippen LogP contribution is 2.25. The van der Waals surface area contributed by atoms with E-state index in [0.717, 1.165) is 11.3 Å². The molecule has 0 radical (unpaired) electrons. The van der Waals surface area contributed by atoms with Crippen LogP contribution in [0.1, 0.15) is 23.0 Å². The van der Waals surface area contributed by atoms with Crippen molar-refractivity contribution < 1.29 is 23.5 Å². The predicted molar refractivity (Wildman–Crippen MR) is 100 cm³/mol. The summed E-state index contributed by atoms with van der Waals surface area (Å²) in [5, 5.41) is 3.99. The van der Waals surface area contributed by atoms with Crippen molar-refractivity contribution in [2.75, 3.05) is 19.8 Å². The highest BCUT2D eigenvalue weighted by molar-refractivity contribution is 5.97. The van der Waals surface area contributed by atoms with E-state index in [2.05, 4.69) is 5.16 Å². The molecule has 1 aromatic heterocycles. The maximum absolute atomic E-state index is 12.5. The van der Waals surface area contributed by atoms with E-state index in [-0.39, 0.29) is 13.2 Å². The Morgan fingerprint density at radius 1 is 0.963 bits per heavy atom. The van der Waals surface area contributed by atoms with Gasteiger partial charge in [-0.3, -0.25) is 0 Å². The van der Waals surface area contributed by atoms with Crippen molar-refractivity contribution >= 4 is 5.97 Å². The predicted octanol–water partition coefficient (Wildman–Crippen LogP) is 4.28. The fourth-order valence-electron chi connectivity index (χ4n) is 2.57. The molecule has 6 heteroatoms. The molecule has 2 aromatic carbocycles. The van der Waals surface area contributed by atoms with Crippen molar-refractivity contribution in [2.24, 2.45) is 0 Å². The van der Waals surface area contributed by atoms with Gasteiger partial charge in [0.25, 0.3) is 0 Å². The monoisotopic (exact) mass is 367 g/mol. The molecular formula is C21H21NO5. The molecule has 0 spiro atoms. The third kappa shape index (κ3) is 4.67. The molecular weight excluding hydrogens is 346 g/mol. The molecule has 3 aromatic rings. The van der Waals surface area contributed by atoms with Gasteiger partial charge in [0.05, 0.1) is 6.61 Å². The van der Waals surface area contributed by atoms with Crippen molar-refractivity contribution in [3.63, 3.8) is 0 Å². The Labute approximate surface area is 157 Å². The van der Waals surface area contributed by atoms with Crippen LogP contribution in [-0.2, 0) is 4.74 Å². The SMILES string of the molecule is CCOc1ccc(OCCOC(=O)c2c(-c3ccccc3)noc2C)cc1. The van der Waals surface area contributed by atoms with Gasteiger partial charge in [-0.25, -0.2) is 4.79 Å². The molecule has 3 rings (SSSR count). The number of aryl methyl sites for hydroxylation is 1. The largest absolute Gasteiger partial charge is 0.494 e. The summed E-state index contributed by atoms with van der Waals surface area (Å²) >= 11 is 0. The van der Waals surface area contributed by atoms with Crippen LogP contribution in [0.5, 0.6) is 11.5 Å². The molecule has 6 nitrogen and oxygen atoms in total. The number of carbonyl (C=O) groups excluding carboxylic acids is 1. The molecule has 0 aliphatic heterocycles. The Bertz CT molecular complexity index is 871. The normalized spacial score (nSPS) is 10.4. The maximum atomic E-state index is 12.5. The molecule has 0 fully saturated rings. The van der Waals surface area contributed by atoms with Crippen LogP contribution in [0.4, 0.5) is 0 Å². The fraction of sp³-hybridized carbons (Fsp3) is 0.238. The molecule has 0 aliphatic rings. The Morgan fingerprint density at radius 2 is 1.63 bits per heavy atom. The highest BCUT2D eigenvalue weighted by Gasteiger charge is 2.22. The number of carbonyl (C=O) groups is 1. The van der Waals surface area contributed by atoms with Crippen LogP contribution in [-0.4, -0.2) is 30.9 Å². The third-order valence-corrected chi connectivity index (χ3v) is 3.83. The minimum Gasteiger partial charge on any atom is -0.494 e. The van der Waals surface area contributed by atoms with Gasteiger partial charge in [-0.1, -0.05) is 35.5 Å². The summed E-state index contributed by atoms with van der Waals surface area (Å²) in [6.07, 6.45) is 0. The Morgan fingerprint density at radius 3 is 2.30 bits per heavy atom. The number of rotatable bonds is 8. The number of esters is 1. The van der Waals surface area contributed by atoms with Crippen LogP contribution in [0.25, 0.3) is 11.3 Å². The van der Waals surface area contributed by atoms with E-state index in [1.807, 2.05) is 61.5 Å². The number of nitrogens with zero attached hydrogens (tertiary/aromatic N) is 1. The Hall–Kier alpha value is -3.28. The lowest BCUT2D eigenvalue weighted by Crippen LogP contribution is -2.13. The van der Waals surface area contributed by atoms with Crippen LogP contribution in [0.3, 0.4) is 0 Å². The van der Waals surface area contributed by atoms with Crippen molar-refractivity contribution in [2.45, 2.75) is 13.8 Å². The molecule has 0 unspecified atom stereocenters. The lowest BCUT2D eigenvalue weighted by molar-refractivity contribution is 0.0449. The van der Waals surface area contributed by atoms with Gasteiger partial charge in [0.2, 0.25) is 0 Å². The highest BCUT2D eigenvalue weighted by atomic mass is 16.6. The average Bonchev–Trinajstić information content (AvgIpc) is 3.09. The van der Waals surface area contributed by atoms with Crippen LogP contribution in [0, 0.1) is 6.92 Å². The summed E-state index contributed by atoms with van der Waals surface area (Å²) in [4.78, 5) is 12.5. The standard InChI is InChI=1S/C21H21NO5/c1-3-24-17-9-11-18(12-10-17)25-13-14-26-21(23)19-15(2)27-22-20(19)16-7-5-4-6-8-16/h4-12H,3,13-14H2,1-2H3. The minimum atomic E-state index is -0.483. The van der Waals surface area contributed by atoms with Gasteiger partial charge in [0.15, 0.2) is 0 Å². The summed E-state index contributed by atoms with van der Waals surface area (Å²) < 4.78 is 21.5. The molecule has 27 heavy (non-hydrogen) atoms. The molecule has 140 valence electrons. The number of ether oxygens (including phenoxy) is 3. The van der Waals surface area contributed by atoms with Crippen LogP contribution in [0.2, 0.25) is 0 Å². The Kier molecular flexibility index (Phi) is 6.10. The van der Waals surface area contributed by atoms with Crippen LogP contribution < -0.4 is 9.47 Å². The van der Waals surface area contributed by atoms with E-state index in [9.17, 15) is 4.79 Å². The van der Waals surface area contributed by atoms with Crippen molar-refractivity contribution in [1.29, 1.82) is 0 Å². The lowest BCUT2D eigenvalue weighted by Gasteiger charge is -2.09. The molecule has 0 bridgehead atoms. The van der Waals surface area contributed by atoms with E-state index in [1.54, 1.807) is 6.92 Å². The quantitative estimate of drug-likeness (QED) is 0.437. The minimum absolute atomic E-state index is 0.116. The van der Waals surface area contributed by atoms with E-state index in [1.165, 1.54) is 0 Å². The molecule has 0 N–H and O–H groups in total. The van der Waals surface area contributed by atoms with Gasteiger partial charge in [-0.2, -0.15) is 0 Å². The van der Waals surface area contributed by atoms with E-state index >= 15 is 0 Å². The summed E-state index contributed by atoms with van der Waals surface area (Å²) in [6, 6.07) is 16.7. The molecule has 1 heterocycles. The van der Waals surface area contributed by atoms with Gasteiger partial charge in [-0.15, -0.1) is 0 Å². The summed E-state index contributed by atoms with van der Waals surface area (Å²) in [5.41, 5.74) is 1.61. The lowest BCUT2D eigenvalue weighted by atomic mass is 10.1. The van der Waals surface area contributed by atoms with Crippen LogP contribution >= 0.6 is 0 Å². The summed E-state index contributed by atoms with van der Waals surface area (Å²) in [5.74, 6) is 1.41. The topological polar surface area (TPSA) is 70.8 Å². The molecule has 0 aliphatic carbocycles. The number of hydrogen-bond acceptors (Lipinski definition) is 6. The van der Waals surface area contributed by atoms with Gasteiger partial charge in [0.1, 0.15) is 41.7 Å². The van der Waals surface area contributed by atoms with Crippen molar-refractivity contribution in [1.82, 2.24) is 5.16 Å². The van der Waals surface area contributed by atoms with Crippen molar-refractivity contribution in [3.8, 4) is 22.8 Å². The molecule has 0 amide bonds. The zero-order chi connectivity index (χ0) is 19.1. The molecule has 0 saturated heterocycles. The van der Waals surface area contributed by atoms with E-state index in [0.29, 0.717) is 29.4 Å². The first kappa shape index (κ1) is 18.5. The number of aromatic nitrogens is 1. The second-order valence-corrected chi connectivity index (χ2v) is 5.72. The fourth-order valence-corrected chi connectivity index (χ4v) is 2.57. The average molecular weight is 367 g/mol. The summed E-state index contributed by atoms with van der Waals surface area (Å²) in [7, 11) is 0. The summed E-state index contributed by atoms with van der Waals surface area (Å²) in [6.45, 7) is 4.59. The maximum Gasteiger partial charge on any atom is 0.344 e. The first-order valence-electron chi connectivity index (χ1n) is 8.73. The van der Waals surface area contributed by atoms with Gasteiger partial charge in [0, 0.05) is 5.56 Å². The number of benzene rings is 2. The smallest absolute Gasteiger partial charge is 0.344 e. The second kappa shape index (κ2) is 8.89.